The van der Waals surface area contributed by atoms with Crippen LogP contribution in [-0.2, 0) is 35.8 Å². The summed E-state index contributed by atoms with van der Waals surface area (Å²) >= 11 is 0. The molecule has 0 saturated carbocycles. The lowest BCUT2D eigenvalue weighted by atomic mass is 9.76. The van der Waals surface area contributed by atoms with Crippen molar-refractivity contribution < 1.29 is 43.5 Å². The third-order valence-corrected chi connectivity index (χ3v) is 11.6. The van der Waals surface area contributed by atoms with E-state index in [0.29, 0.717) is 18.6 Å². The van der Waals surface area contributed by atoms with Crippen LogP contribution in [0.25, 0.3) is 0 Å². The highest BCUT2D eigenvalue weighted by atomic mass is 32.2. The number of para-hydroxylation sites is 1. The summed E-state index contributed by atoms with van der Waals surface area (Å²) in [6.07, 6.45) is 14.1. The summed E-state index contributed by atoms with van der Waals surface area (Å²) in [6.45, 7) is 8.99. The van der Waals surface area contributed by atoms with Gasteiger partial charge in [-0.2, -0.15) is 34.9 Å². The molecule has 48 heavy (non-hydrogen) atoms. The number of hydrogen-bond acceptors (Lipinski definition) is 8. The van der Waals surface area contributed by atoms with Crippen molar-refractivity contribution in [2.24, 2.45) is 10.5 Å². The molecule has 0 saturated heterocycles. The molecule has 0 aromatic heterocycles. The van der Waals surface area contributed by atoms with E-state index in [0.717, 1.165) is 48.5 Å². The van der Waals surface area contributed by atoms with E-state index in [1.54, 1.807) is 5.01 Å². The van der Waals surface area contributed by atoms with E-state index in [-0.39, 0.29) is 31.6 Å². The Hall–Kier alpha value is -2.69. The molecule has 268 valence electrons. The number of fused-ring (bicyclic) bond motifs is 1. The van der Waals surface area contributed by atoms with E-state index in [2.05, 4.69) is 35.7 Å². The number of hydrogen-bond donors (Lipinski definition) is 3. The first kappa shape index (κ1) is 39.7. The van der Waals surface area contributed by atoms with Crippen LogP contribution in [0.5, 0.6) is 0 Å². The second-order valence-electron chi connectivity index (χ2n) is 12.9. The van der Waals surface area contributed by atoms with E-state index in [1.165, 1.54) is 0 Å². The molecule has 0 spiro atoms. The molecular formula is C33H50N3O9S3+. The van der Waals surface area contributed by atoms with Gasteiger partial charge in [0.05, 0.1) is 22.7 Å². The molecule has 2 aliphatic rings. The topological polar surface area (TPSA) is 182 Å². The van der Waals surface area contributed by atoms with Crippen molar-refractivity contribution in [2.75, 3.05) is 30.3 Å². The maximum Gasteiger partial charge on any atom is 0.264 e. The van der Waals surface area contributed by atoms with Crippen LogP contribution in [0.3, 0.4) is 0 Å². The van der Waals surface area contributed by atoms with Crippen LogP contribution in [-0.4, -0.2) is 90.3 Å². The molecule has 1 aromatic carbocycles. The zero-order chi connectivity index (χ0) is 35.8. The van der Waals surface area contributed by atoms with Crippen LogP contribution in [0.2, 0.25) is 0 Å². The summed E-state index contributed by atoms with van der Waals surface area (Å²) in [7, 11) is -12.4. The number of nitrogens with zero attached hydrogens (tertiary/aromatic N) is 3. The van der Waals surface area contributed by atoms with Gasteiger partial charge in [0.25, 0.3) is 30.4 Å². The summed E-state index contributed by atoms with van der Waals surface area (Å²) in [5, 5.41) is 6.30. The average Bonchev–Trinajstić information content (AvgIpc) is 3.33. The largest absolute Gasteiger partial charge is 0.286 e. The lowest BCUT2D eigenvalue weighted by molar-refractivity contribution is -0.438. The van der Waals surface area contributed by atoms with Crippen LogP contribution < -0.4 is 0 Å². The molecule has 0 amide bonds. The molecule has 2 unspecified atom stereocenters. The van der Waals surface area contributed by atoms with Crippen LogP contribution in [0.15, 0.2) is 65.4 Å². The Kier molecular flexibility index (Phi) is 13.5. The van der Waals surface area contributed by atoms with Gasteiger partial charge in [-0.25, -0.2) is 0 Å². The summed E-state index contributed by atoms with van der Waals surface area (Å²) in [6, 6.07) is 8.11. The summed E-state index contributed by atoms with van der Waals surface area (Å²) in [5.41, 5.74) is 3.46. The van der Waals surface area contributed by atoms with E-state index < -0.39 is 52.7 Å². The summed E-state index contributed by atoms with van der Waals surface area (Å²) < 4.78 is 98.7. The fourth-order valence-corrected chi connectivity index (χ4v) is 8.09. The molecule has 0 aliphatic carbocycles. The Morgan fingerprint density at radius 2 is 1.38 bits per heavy atom. The number of rotatable bonds is 19. The molecule has 0 bridgehead atoms. The van der Waals surface area contributed by atoms with Gasteiger partial charge >= 0.3 is 0 Å². The highest BCUT2D eigenvalue weighted by Crippen LogP contribution is 2.44. The minimum atomic E-state index is -4.15. The molecular weight excluding hydrogens is 679 g/mol. The predicted molar refractivity (Wildman–Crippen MR) is 190 cm³/mol. The Morgan fingerprint density at radius 1 is 0.792 bits per heavy atom. The lowest BCUT2D eigenvalue weighted by Crippen LogP contribution is -2.32. The maximum absolute atomic E-state index is 11.5. The summed E-state index contributed by atoms with van der Waals surface area (Å²) in [4.78, 5) is 0. The average molecular weight is 729 g/mol. The number of benzene rings is 1. The SMILES string of the molecule is CCCCC[N+]1=C(/C=C/C=C/C=C2\N(CCCS(=O)(=O)O)N=C(C)C2(C)CCCS(=O)(=O)O)C(C)(CCCS(=O)(=O)O)c2ccccc21. The monoisotopic (exact) mass is 728 g/mol. The predicted octanol–water partition coefficient (Wildman–Crippen LogP) is 5.54. The van der Waals surface area contributed by atoms with E-state index >= 15 is 0 Å². The minimum Gasteiger partial charge on any atom is -0.286 e. The van der Waals surface area contributed by atoms with Gasteiger partial charge in [-0.3, -0.25) is 18.7 Å². The lowest BCUT2D eigenvalue weighted by Gasteiger charge is -2.29. The fourth-order valence-electron chi connectivity index (χ4n) is 6.57. The van der Waals surface area contributed by atoms with Gasteiger partial charge in [-0.05, 0) is 65.4 Å². The number of unbranched alkanes of at least 4 members (excludes halogenated alkanes) is 2. The van der Waals surface area contributed by atoms with Gasteiger partial charge in [-0.1, -0.05) is 49.8 Å². The van der Waals surface area contributed by atoms with E-state index in [1.807, 2.05) is 56.4 Å². The van der Waals surface area contributed by atoms with Crippen LogP contribution in [0.4, 0.5) is 5.69 Å². The van der Waals surface area contributed by atoms with Gasteiger partial charge in [0.15, 0.2) is 5.71 Å². The van der Waals surface area contributed by atoms with E-state index in [9.17, 15) is 38.9 Å². The molecule has 2 heterocycles. The summed E-state index contributed by atoms with van der Waals surface area (Å²) in [5.74, 6) is -1.15. The maximum atomic E-state index is 11.5. The van der Waals surface area contributed by atoms with Gasteiger partial charge in [0.1, 0.15) is 6.54 Å². The van der Waals surface area contributed by atoms with Crippen LogP contribution >= 0.6 is 0 Å². The number of allylic oxidation sites excluding steroid dienone is 6. The standard InChI is InChI=1S/C33H49N3O9S3/c1-5-6-12-22-35-29-17-11-10-16-28(29)33(4,21-14-25-47(40,41)42)30(35)18-8-7-9-19-31-32(3,20-13-24-46(37,38)39)27(2)34-36(31)23-15-26-48(43,44)45/h7-11,16-19H,5-6,12-15,20-26H2,1-4H3,(H2-,37,38,39,40,41,42,43,44,45)/p+1. The molecule has 12 nitrogen and oxygen atoms in total. The Balaban J connectivity index is 1.96. The normalized spacial score (nSPS) is 22.9. The minimum absolute atomic E-state index is 0.126. The quantitative estimate of drug-likeness (QED) is 0.0708. The Bertz CT molecular complexity index is 1800. The molecule has 3 rings (SSSR count). The van der Waals surface area contributed by atoms with Crippen molar-refractivity contribution in [2.45, 2.75) is 84.5 Å². The Morgan fingerprint density at radius 3 is 1.98 bits per heavy atom. The molecule has 1 aromatic rings. The third-order valence-electron chi connectivity index (χ3n) is 9.20. The zero-order valence-electron chi connectivity index (χ0n) is 28.2. The number of hydrazone groups is 1. The van der Waals surface area contributed by atoms with Gasteiger partial charge in [0, 0.05) is 47.5 Å². The van der Waals surface area contributed by atoms with Crippen molar-refractivity contribution in [3.05, 3.63) is 65.9 Å². The Labute approximate surface area is 286 Å². The second kappa shape index (κ2) is 16.3. The first-order valence-corrected chi connectivity index (χ1v) is 21.1. The highest BCUT2D eigenvalue weighted by Gasteiger charge is 2.47. The van der Waals surface area contributed by atoms with Crippen LogP contribution in [0, 0.1) is 5.41 Å². The van der Waals surface area contributed by atoms with Crippen molar-refractivity contribution in [3.8, 4) is 0 Å². The van der Waals surface area contributed by atoms with Gasteiger partial charge < -0.3 is 0 Å². The highest BCUT2D eigenvalue weighted by molar-refractivity contribution is 7.86. The molecule has 0 fully saturated rings. The zero-order valence-corrected chi connectivity index (χ0v) is 30.7. The first-order chi connectivity index (χ1) is 22.3. The smallest absolute Gasteiger partial charge is 0.264 e. The van der Waals surface area contributed by atoms with Crippen molar-refractivity contribution in [3.63, 3.8) is 0 Å². The molecule has 2 aliphatic heterocycles. The van der Waals surface area contributed by atoms with Crippen molar-refractivity contribution in [1.82, 2.24) is 5.01 Å². The van der Waals surface area contributed by atoms with Crippen molar-refractivity contribution >= 4 is 47.5 Å². The van der Waals surface area contributed by atoms with Crippen LogP contribution in [0.1, 0.15) is 84.6 Å². The molecule has 3 N–H and O–H groups in total. The van der Waals surface area contributed by atoms with Gasteiger partial charge in [-0.15, -0.1) is 0 Å². The molecule has 0 radical (unpaired) electrons. The van der Waals surface area contributed by atoms with Gasteiger partial charge in [0.2, 0.25) is 5.69 Å². The molecule has 2 atom stereocenters. The van der Waals surface area contributed by atoms with Crippen molar-refractivity contribution in [1.29, 1.82) is 0 Å². The third kappa shape index (κ3) is 10.9. The van der Waals surface area contributed by atoms with E-state index in [4.69, 9.17) is 0 Å². The first-order valence-electron chi connectivity index (χ1n) is 16.3. The second-order valence-corrected chi connectivity index (χ2v) is 17.7. The fraction of sp³-hybridized carbons (Fsp3) is 0.576. The molecule has 15 heteroatoms.